The van der Waals surface area contributed by atoms with Gasteiger partial charge in [0.1, 0.15) is 11.8 Å². The normalized spacial score (nSPS) is 25.8. The maximum atomic E-state index is 12.3. The summed E-state index contributed by atoms with van der Waals surface area (Å²) < 4.78 is 5.51. The molecule has 5 heteroatoms. The van der Waals surface area contributed by atoms with Crippen LogP contribution in [0.2, 0.25) is 0 Å². The molecule has 2 heterocycles. The van der Waals surface area contributed by atoms with Gasteiger partial charge in [0.2, 0.25) is 11.8 Å². The van der Waals surface area contributed by atoms with Crippen molar-refractivity contribution in [1.29, 1.82) is 0 Å². The third kappa shape index (κ3) is 2.14. The van der Waals surface area contributed by atoms with Crippen LogP contribution in [0.4, 0.5) is 0 Å². The Morgan fingerprint density at radius 3 is 2.89 bits per heavy atom. The largest absolute Gasteiger partial charge is 0.444 e. The fraction of sp³-hybridized carbons (Fsp3) is 0.692. The summed E-state index contributed by atoms with van der Waals surface area (Å²) in [6, 6.07) is 0.492. The Bertz CT molecular complexity index is 453. The summed E-state index contributed by atoms with van der Waals surface area (Å²) in [5, 5.41) is 3.40. The first-order chi connectivity index (χ1) is 8.65. The fourth-order valence-electron chi connectivity index (χ4n) is 2.47. The number of hydrogen-bond donors (Lipinski definition) is 1. The predicted molar refractivity (Wildman–Crippen MR) is 65.9 cm³/mol. The minimum atomic E-state index is -0.0720. The highest BCUT2D eigenvalue weighted by Gasteiger charge is 2.38. The second-order valence-electron chi connectivity index (χ2n) is 5.30. The molecule has 0 aromatic carbocycles. The lowest BCUT2D eigenvalue weighted by Crippen LogP contribution is -2.40. The van der Waals surface area contributed by atoms with Gasteiger partial charge < -0.3 is 14.6 Å². The lowest BCUT2D eigenvalue weighted by molar-refractivity contribution is -0.131. The Hall–Kier alpha value is -1.36. The molecule has 1 amide bonds. The van der Waals surface area contributed by atoms with Gasteiger partial charge in [-0.15, -0.1) is 0 Å². The van der Waals surface area contributed by atoms with Crippen LogP contribution in [0.15, 0.2) is 10.6 Å². The summed E-state index contributed by atoms with van der Waals surface area (Å²) in [6.07, 6.45) is 5.00. The van der Waals surface area contributed by atoms with Crippen molar-refractivity contribution in [2.45, 2.75) is 51.2 Å². The van der Waals surface area contributed by atoms with Crippen molar-refractivity contribution in [3.63, 3.8) is 0 Å². The zero-order chi connectivity index (χ0) is 12.7. The molecule has 2 atom stereocenters. The number of amides is 1. The second kappa shape index (κ2) is 4.39. The highest BCUT2D eigenvalue weighted by Crippen LogP contribution is 2.27. The van der Waals surface area contributed by atoms with Crippen molar-refractivity contribution < 1.29 is 9.21 Å². The number of carbonyl (C=O) groups is 1. The van der Waals surface area contributed by atoms with Gasteiger partial charge >= 0.3 is 0 Å². The summed E-state index contributed by atoms with van der Waals surface area (Å²) in [5.74, 6) is 1.61. The van der Waals surface area contributed by atoms with Crippen LogP contribution in [-0.2, 0) is 4.79 Å². The molecule has 1 aromatic heterocycles. The third-order valence-corrected chi connectivity index (χ3v) is 3.72. The molecule has 1 aliphatic carbocycles. The first kappa shape index (κ1) is 11.7. The van der Waals surface area contributed by atoms with Gasteiger partial charge in [0.05, 0.1) is 12.2 Å². The van der Waals surface area contributed by atoms with E-state index in [0.29, 0.717) is 11.9 Å². The van der Waals surface area contributed by atoms with Gasteiger partial charge in [-0.1, -0.05) is 0 Å². The van der Waals surface area contributed by atoms with E-state index in [0.717, 1.165) is 18.7 Å². The number of likely N-dealkylation sites (tertiary alicyclic amines) is 1. The van der Waals surface area contributed by atoms with Crippen LogP contribution < -0.4 is 5.32 Å². The van der Waals surface area contributed by atoms with Gasteiger partial charge in [-0.05, 0) is 33.1 Å². The van der Waals surface area contributed by atoms with Crippen LogP contribution in [-0.4, -0.2) is 34.4 Å². The molecule has 0 spiro atoms. The molecule has 2 fully saturated rings. The minimum Gasteiger partial charge on any atom is -0.444 e. The molecule has 3 rings (SSSR count). The molecule has 98 valence electrons. The zero-order valence-corrected chi connectivity index (χ0v) is 10.8. The highest BCUT2D eigenvalue weighted by atomic mass is 16.4. The van der Waals surface area contributed by atoms with Crippen LogP contribution in [0.1, 0.15) is 43.9 Å². The number of nitrogens with zero attached hydrogens (tertiary/aromatic N) is 2. The average Bonchev–Trinajstić information content (AvgIpc) is 2.95. The van der Waals surface area contributed by atoms with E-state index >= 15 is 0 Å². The van der Waals surface area contributed by atoms with Crippen molar-refractivity contribution in [3.05, 3.63) is 17.8 Å². The van der Waals surface area contributed by atoms with E-state index in [-0.39, 0.29) is 18.0 Å². The second-order valence-corrected chi connectivity index (χ2v) is 5.30. The smallest absolute Gasteiger partial charge is 0.240 e. The lowest BCUT2D eigenvalue weighted by atomic mass is 10.2. The number of carbonyl (C=O) groups excluding carboxylic acids is 1. The van der Waals surface area contributed by atoms with Gasteiger partial charge in [-0.25, -0.2) is 4.98 Å². The van der Waals surface area contributed by atoms with E-state index in [1.807, 2.05) is 18.7 Å². The standard InChI is InChI=1S/C13H19N3O2/c1-8-7-14-12(18-8)9(2)16-6-5-11(13(16)17)15-10-3-4-10/h7,9-11,15H,3-6H2,1-2H3. The monoisotopic (exact) mass is 249 g/mol. The van der Waals surface area contributed by atoms with E-state index in [2.05, 4.69) is 10.3 Å². The molecular weight excluding hydrogens is 230 g/mol. The number of oxazole rings is 1. The van der Waals surface area contributed by atoms with Gasteiger partial charge in [0.15, 0.2) is 0 Å². The molecule has 1 saturated carbocycles. The molecule has 1 N–H and O–H groups in total. The molecular formula is C13H19N3O2. The zero-order valence-electron chi connectivity index (χ0n) is 10.8. The van der Waals surface area contributed by atoms with Gasteiger partial charge in [-0.3, -0.25) is 4.79 Å². The van der Waals surface area contributed by atoms with Gasteiger partial charge in [0.25, 0.3) is 0 Å². The minimum absolute atomic E-state index is 0.00370. The van der Waals surface area contributed by atoms with Crippen molar-refractivity contribution in [2.75, 3.05) is 6.54 Å². The fourth-order valence-corrected chi connectivity index (χ4v) is 2.47. The van der Waals surface area contributed by atoms with Crippen LogP contribution in [0, 0.1) is 6.92 Å². The first-order valence-electron chi connectivity index (χ1n) is 6.64. The van der Waals surface area contributed by atoms with Gasteiger partial charge in [0, 0.05) is 12.6 Å². The van der Waals surface area contributed by atoms with Crippen molar-refractivity contribution in [2.24, 2.45) is 0 Å². The summed E-state index contributed by atoms with van der Waals surface area (Å²) in [7, 11) is 0. The summed E-state index contributed by atoms with van der Waals surface area (Å²) in [6.45, 7) is 4.63. The number of aromatic nitrogens is 1. The summed E-state index contributed by atoms with van der Waals surface area (Å²) in [4.78, 5) is 18.4. The Morgan fingerprint density at radius 1 is 1.50 bits per heavy atom. The maximum Gasteiger partial charge on any atom is 0.240 e. The molecule has 1 aliphatic heterocycles. The van der Waals surface area contributed by atoms with E-state index in [9.17, 15) is 4.79 Å². The summed E-state index contributed by atoms with van der Waals surface area (Å²) in [5.41, 5.74) is 0. The molecule has 1 aromatic rings. The lowest BCUT2D eigenvalue weighted by Gasteiger charge is -2.22. The molecule has 5 nitrogen and oxygen atoms in total. The Kier molecular flexibility index (Phi) is 2.86. The van der Waals surface area contributed by atoms with E-state index in [1.165, 1.54) is 12.8 Å². The molecule has 0 radical (unpaired) electrons. The molecule has 1 saturated heterocycles. The SMILES string of the molecule is Cc1cnc(C(C)N2CCC(NC3CC3)C2=O)o1. The first-order valence-corrected chi connectivity index (χ1v) is 6.64. The number of hydrogen-bond acceptors (Lipinski definition) is 4. The highest BCUT2D eigenvalue weighted by molar-refractivity contribution is 5.84. The number of rotatable bonds is 4. The number of aryl methyl sites for hydroxylation is 1. The molecule has 2 unspecified atom stereocenters. The van der Waals surface area contributed by atoms with Crippen molar-refractivity contribution in [3.8, 4) is 0 Å². The van der Waals surface area contributed by atoms with Crippen molar-refractivity contribution in [1.82, 2.24) is 15.2 Å². The number of nitrogens with one attached hydrogen (secondary N) is 1. The van der Waals surface area contributed by atoms with E-state index in [1.54, 1.807) is 6.20 Å². The van der Waals surface area contributed by atoms with Crippen LogP contribution in [0.3, 0.4) is 0 Å². The quantitative estimate of drug-likeness (QED) is 0.876. The maximum absolute atomic E-state index is 12.3. The van der Waals surface area contributed by atoms with Gasteiger partial charge in [-0.2, -0.15) is 0 Å². The topological polar surface area (TPSA) is 58.4 Å². The molecule has 0 bridgehead atoms. The predicted octanol–water partition coefficient (Wildman–Crippen LogP) is 1.40. The van der Waals surface area contributed by atoms with Crippen LogP contribution in [0.5, 0.6) is 0 Å². The summed E-state index contributed by atoms with van der Waals surface area (Å²) >= 11 is 0. The Balaban J connectivity index is 1.67. The molecule has 18 heavy (non-hydrogen) atoms. The average molecular weight is 249 g/mol. The van der Waals surface area contributed by atoms with E-state index in [4.69, 9.17) is 4.42 Å². The third-order valence-electron chi connectivity index (χ3n) is 3.72. The van der Waals surface area contributed by atoms with Crippen LogP contribution >= 0.6 is 0 Å². The van der Waals surface area contributed by atoms with Crippen molar-refractivity contribution >= 4 is 5.91 Å². The van der Waals surface area contributed by atoms with E-state index < -0.39 is 0 Å². The molecule has 2 aliphatic rings. The Morgan fingerprint density at radius 2 is 2.28 bits per heavy atom. The van der Waals surface area contributed by atoms with Crippen LogP contribution in [0.25, 0.3) is 0 Å². The Labute approximate surface area is 107 Å².